The van der Waals surface area contributed by atoms with Gasteiger partial charge in [-0.3, -0.25) is 4.79 Å². The van der Waals surface area contributed by atoms with Crippen molar-refractivity contribution < 1.29 is 9.90 Å². The zero-order valence-electron chi connectivity index (χ0n) is 21.9. The minimum atomic E-state index is -0.589. The van der Waals surface area contributed by atoms with Crippen LogP contribution in [0.3, 0.4) is 0 Å². The molecule has 3 heteroatoms. The van der Waals surface area contributed by atoms with Gasteiger partial charge in [-0.15, -0.1) is 0 Å². The molecule has 0 heterocycles. The van der Waals surface area contributed by atoms with E-state index in [0.29, 0.717) is 5.92 Å². The average Bonchev–Trinajstić information content (AvgIpc) is 3.23. The molecule has 0 saturated heterocycles. The van der Waals surface area contributed by atoms with E-state index in [1.807, 2.05) is 0 Å². The van der Waals surface area contributed by atoms with Crippen LogP contribution in [-0.2, 0) is 4.79 Å². The first kappa shape index (κ1) is 31.3. The van der Waals surface area contributed by atoms with Crippen molar-refractivity contribution in [2.75, 3.05) is 0 Å². The first-order valence-electron chi connectivity index (χ1n) is 12.1. The topological polar surface area (TPSA) is 37.3 Å². The van der Waals surface area contributed by atoms with E-state index in [0.717, 1.165) is 49.7 Å². The second-order valence-electron chi connectivity index (χ2n) is 9.09. The number of benzene rings is 1. The minimum absolute atomic E-state index is 0.0185. The highest BCUT2D eigenvalue weighted by molar-refractivity contribution is 9.10. The Labute approximate surface area is 211 Å². The smallest absolute Gasteiger partial charge is 0.152 e. The van der Waals surface area contributed by atoms with E-state index in [1.165, 1.54) is 34.2 Å². The van der Waals surface area contributed by atoms with Crippen molar-refractivity contribution in [2.24, 2.45) is 5.92 Å². The molecular weight excluding hydrogens is 472 g/mol. The molecule has 1 saturated carbocycles. The van der Waals surface area contributed by atoms with Crippen LogP contribution in [0.15, 0.2) is 65.2 Å². The van der Waals surface area contributed by atoms with Gasteiger partial charge >= 0.3 is 0 Å². The summed E-state index contributed by atoms with van der Waals surface area (Å²) in [6.07, 6.45) is 13.8. The fraction of sp³-hybridized carbons (Fsp3) is 0.500. The Morgan fingerprint density at radius 2 is 1.64 bits per heavy atom. The van der Waals surface area contributed by atoms with Crippen LogP contribution in [0.5, 0.6) is 0 Å². The van der Waals surface area contributed by atoms with E-state index >= 15 is 0 Å². The highest BCUT2D eigenvalue weighted by Crippen LogP contribution is 2.37. The van der Waals surface area contributed by atoms with E-state index in [9.17, 15) is 9.90 Å². The molecule has 0 aliphatic heterocycles. The fourth-order valence-corrected chi connectivity index (χ4v) is 3.75. The Bertz CT molecular complexity index is 789. The number of hydrogen-bond donors (Lipinski definition) is 1. The summed E-state index contributed by atoms with van der Waals surface area (Å²) in [5, 5.41) is 10.7. The third kappa shape index (κ3) is 12.4. The predicted molar refractivity (Wildman–Crippen MR) is 149 cm³/mol. The molecule has 1 aliphatic carbocycles. The summed E-state index contributed by atoms with van der Waals surface area (Å²) in [4.78, 5) is 9.69. The molecular formula is C30H45BrO2. The fourth-order valence-electron chi connectivity index (χ4n) is 3.29. The Morgan fingerprint density at radius 3 is 2.06 bits per heavy atom. The van der Waals surface area contributed by atoms with Gasteiger partial charge in [-0.25, -0.2) is 0 Å². The molecule has 1 atom stereocenters. The Balaban J connectivity index is 0.000000569. The lowest BCUT2D eigenvalue weighted by Crippen LogP contribution is -2.26. The van der Waals surface area contributed by atoms with Crippen molar-refractivity contribution in [3.8, 4) is 0 Å². The normalized spacial score (nSPS) is 15.7. The van der Waals surface area contributed by atoms with E-state index < -0.39 is 5.60 Å². The summed E-state index contributed by atoms with van der Waals surface area (Å²) in [6, 6.07) is 4.35. The molecule has 0 bridgehead atoms. The summed E-state index contributed by atoms with van der Waals surface area (Å²) in [6.45, 7) is 21.5. The predicted octanol–water partition coefficient (Wildman–Crippen LogP) is 8.92. The van der Waals surface area contributed by atoms with Gasteiger partial charge in [0.05, 0.1) is 5.60 Å². The van der Waals surface area contributed by atoms with Crippen LogP contribution in [0.1, 0.15) is 82.9 Å². The van der Waals surface area contributed by atoms with Crippen LogP contribution in [-0.4, -0.2) is 16.5 Å². The Kier molecular flexibility index (Phi) is 15.2. The maximum absolute atomic E-state index is 10.7. The van der Waals surface area contributed by atoms with Gasteiger partial charge in [0.2, 0.25) is 0 Å². The number of aliphatic hydroxyl groups is 1. The van der Waals surface area contributed by atoms with Crippen molar-refractivity contribution in [2.45, 2.75) is 92.6 Å². The standard InChI is InChI=1S/C17H28O.C9H11Br.C4H6O/c1-5-14(3)9-10-16(13-15(4)6-2)17(18)11-7-8-12-17;1-6-4-8(3)9(10)5-7(6)2;1-3-4(2)5/h9-10,13,15,18H,3,5-8,11-12H2,1-2,4H3;4-5H,1-3H3;3H,1H2,2H3/b10-9-,16-13+;;. The largest absolute Gasteiger partial charge is 0.385 e. The molecule has 0 radical (unpaired) electrons. The third-order valence-corrected chi connectivity index (χ3v) is 6.95. The first-order chi connectivity index (χ1) is 15.4. The number of halogens is 1. The van der Waals surface area contributed by atoms with Gasteiger partial charge in [-0.05, 0) is 87.3 Å². The monoisotopic (exact) mass is 516 g/mol. The van der Waals surface area contributed by atoms with Crippen molar-refractivity contribution in [3.05, 3.63) is 81.9 Å². The summed E-state index contributed by atoms with van der Waals surface area (Å²) >= 11 is 3.48. The number of rotatable bonds is 7. The van der Waals surface area contributed by atoms with Crippen LogP contribution in [0.25, 0.3) is 0 Å². The summed E-state index contributed by atoms with van der Waals surface area (Å²) in [5.41, 5.74) is 5.64. The van der Waals surface area contributed by atoms with Gasteiger partial charge in [0.25, 0.3) is 0 Å². The van der Waals surface area contributed by atoms with Crippen LogP contribution >= 0.6 is 15.9 Å². The SMILES string of the molecule is C=C(/C=C\C(=C/C(C)CC)C1(O)CCCC1)CC.C=CC(C)=O.Cc1cc(C)c(Br)cc1C. The second-order valence-corrected chi connectivity index (χ2v) is 9.95. The summed E-state index contributed by atoms with van der Waals surface area (Å²) < 4.78 is 1.20. The highest BCUT2D eigenvalue weighted by Gasteiger charge is 2.33. The van der Waals surface area contributed by atoms with Gasteiger partial charge in [0.1, 0.15) is 0 Å². The van der Waals surface area contributed by atoms with Crippen molar-refractivity contribution in [3.63, 3.8) is 0 Å². The molecule has 1 aromatic carbocycles. The Morgan fingerprint density at radius 1 is 1.12 bits per heavy atom. The van der Waals surface area contributed by atoms with E-state index in [1.54, 1.807) is 0 Å². The van der Waals surface area contributed by atoms with Crippen LogP contribution in [0.4, 0.5) is 0 Å². The van der Waals surface area contributed by atoms with Crippen molar-refractivity contribution >= 4 is 21.7 Å². The molecule has 33 heavy (non-hydrogen) atoms. The van der Waals surface area contributed by atoms with Crippen LogP contribution in [0, 0.1) is 26.7 Å². The quantitative estimate of drug-likeness (QED) is 0.290. The third-order valence-electron chi connectivity index (χ3n) is 6.09. The van der Waals surface area contributed by atoms with Crippen molar-refractivity contribution in [1.29, 1.82) is 0 Å². The van der Waals surface area contributed by atoms with Crippen LogP contribution < -0.4 is 0 Å². The molecule has 1 N–H and O–H groups in total. The van der Waals surface area contributed by atoms with Gasteiger partial charge in [-0.1, -0.05) is 99.0 Å². The Hall–Kier alpha value is -1.71. The number of hydrogen-bond acceptors (Lipinski definition) is 2. The maximum atomic E-state index is 10.7. The van der Waals surface area contributed by atoms with Gasteiger partial charge in [0.15, 0.2) is 5.78 Å². The number of carbonyl (C=O) groups excluding carboxylic acids is 1. The van der Waals surface area contributed by atoms with Crippen molar-refractivity contribution in [1.82, 2.24) is 0 Å². The minimum Gasteiger partial charge on any atom is -0.385 e. The molecule has 1 aliphatic rings. The molecule has 2 nitrogen and oxygen atoms in total. The lowest BCUT2D eigenvalue weighted by molar-refractivity contribution is -0.112. The average molecular weight is 518 g/mol. The highest BCUT2D eigenvalue weighted by atomic mass is 79.9. The molecule has 184 valence electrons. The molecule has 0 amide bonds. The molecule has 2 rings (SSSR count). The lowest BCUT2D eigenvalue weighted by atomic mass is 9.88. The maximum Gasteiger partial charge on any atom is 0.152 e. The van der Waals surface area contributed by atoms with Gasteiger partial charge in [-0.2, -0.15) is 0 Å². The first-order valence-corrected chi connectivity index (χ1v) is 12.9. The summed E-state index contributed by atoms with van der Waals surface area (Å²) in [5.74, 6) is 0.536. The zero-order valence-corrected chi connectivity index (χ0v) is 23.5. The van der Waals surface area contributed by atoms with Gasteiger partial charge in [0, 0.05) is 4.47 Å². The number of ketones is 1. The molecule has 0 aromatic heterocycles. The lowest BCUT2D eigenvalue weighted by Gasteiger charge is -2.25. The van der Waals surface area contributed by atoms with E-state index in [2.05, 4.69) is 101 Å². The second kappa shape index (κ2) is 16.0. The number of aryl methyl sites for hydroxylation is 3. The molecule has 1 aromatic rings. The van der Waals surface area contributed by atoms with E-state index in [-0.39, 0.29) is 5.78 Å². The van der Waals surface area contributed by atoms with E-state index in [4.69, 9.17) is 0 Å². The zero-order chi connectivity index (χ0) is 25.6. The van der Waals surface area contributed by atoms with Gasteiger partial charge < -0.3 is 5.11 Å². The molecule has 0 spiro atoms. The van der Waals surface area contributed by atoms with Crippen LogP contribution in [0.2, 0.25) is 0 Å². The molecule has 1 fully saturated rings. The number of allylic oxidation sites excluding steroid dienone is 4. The summed E-state index contributed by atoms with van der Waals surface area (Å²) in [7, 11) is 0. The molecule has 1 unspecified atom stereocenters. The number of carbonyl (C=O) groups is 1.